The summed E-state index contributed by atoms with van der Waals surface area (Å²) < 4.78 is 5.66. The lowest BCUT2D eigenvalue weighted by Gasteiger charge is -2.04. The number of furan rings is 1. The zero-order valence-corrected chi connectivity index (χ0v) is 11.0. The Labute approximate surface area is 112 Å². The summed E-state index contributed by atoms with van der Waals surface area (Å²) in [5, 5.41) is 13.9. The summed E-state index contributed by atoms with van der Waals surface area (Å²) in [6.07, 6.45) is 1.61. The minimum atomic E-state index is -0.403. The molecule has 18 heavy (non-hydrogen) atoms. The third-order valence-electron chi connectivity index (χ3n) is 2.42. The number of benzene rings is 1. The van der Waals surface area contributed by atoms with Crippen molar-refractivity contribution in [3.63, 3.8) is 0 Å². The van der Waals surface area contributed by atoms with Gasteiger partial charge in [0.05, 0.1) is 22.2 Å². The Morgan fingerprint density at radius 1 is 1.33 bits per heavy atom. The van der Waals surface area contributed by atoms with Crippen LogP contribution < -0.4 is 5.32 Å². The Bertz CT molecular complexity index is 540. The van der Waals surface area contributed by atoms with Gasteiger partial charge in [0.1, 0.15) is 5.76 Å². The second-order valence-electron chi connectivity index (χ2n) is 3.73. The van der Waals surface area contributed by atoms with Crippen LogP contribution in [0.5, 0.6) is 0 Å². The average Bonchev–Trinajstić information content (AvgIpc) is 2.84. The summed E-state index contributed by atoms with van der Waals surface area (Å²) in [5.74, 6) is 0.835. The summed E-state index contributed by atoms with van der Waals surface area (Å²) >= 11 is 3.15. The van der Waals surface area contributed by atoms with Crippen molar-refractivity contribution < 1.29 is 9.34 Å². The van der Waals surface area contributed by atoms with Crippen molar-refractivity contribution in [2.45, 2.75) is 13.1 Å². The molecule has 5 nitrogen and oxygen atoms in total. The Hall–Kier alpha value is -1.66. The molecule has 0 radical (unpaired) electrons. The highest BCUT2D eigenvalue weighted by Crippen LogP contribution is 2.25. The minimum absolute atomic E-state index is 0.0762. The van der Waals surface area contributed by atoms with Gasteiger partial charge in [-0.1, -0.05) is 6.07 Å². The fourth-order valence-electron chi connectivity index (χ4n) is 1.55. The van der Waals surface area contributed by atoms with Gasteiger partial charge in [0.25, 0.3) is 5.69 Å². The highest BCUT2D eigenvalue weighted by Gasteiger charge is 2.11. The van der Waals surface area contributed by atoms with Gasteiger partial charge in [-0.3, -0.25) is 10.1 Å². The largest absolute Gasteiger partial charge is 0.468 e. The second-order valence-corrected chi connectivity index (χ2v) is 4.58. The van der Waals surface area contributed by atoms with E-state index in [9.17, 15) is 10.1 Å². The fraction of sp³-hybridized carbons (Fsp3) is 0.167. The van der Waals surface area contributed by atoms with E-state index in [-0.39, 0.29) is 5.69 Å². The Morgan fingerprint density at radius 3 is 2.83 bits per heavy atom. The quantitative estimate of drug-likeness (QED) is 0.680. The van der Waals surface area contributed by atoms with Gasteiger partial charge >= 0.3 is 0 Å². The van der Waals surface area contributed by atoms with E-state index in [0.717, 1.165) is 11.3 Å². The molecule has 0 aliphatic carbocycles. The lowest BCUT2D eigenvalue weighted by atomic mass is 10.2. The molecule has 0 aliphatic rings. The third-order valence-corrected chi connectivity index (χ3v) is 3.09. The van der Waals surface area contributed by atoms with Crippen LogP contribution >= 0.6 is 15.9 Å². The van der Waals surface area contributed by atoms with Gasteiger partial charge < -0.3 is 9.73 Å². The van der Waals surface area contributed by atoms with Crippen molar-refractivity contribution in [3.8, 4) is 0 Å². The molecule has 0 amide bonds. The molecule has 1 N–H and O–H groups in total. The second kappa shape index (κ2) is 5.79. The van der Waals surface area contributed by atoms with E-state index in [0.29, 0.717) is 17.6 Å². The maximum Gasteiger partial charge on any atom is 0.283 e. The van der Waals surface area contributed by atoms with Gasteiger partial charge in [-0.25, -0.2) is 0 Å². The fourth-order valence-corrected chi connectivity index (χ4v) is 1.94. The molecule has 0 unspecified atom stereocenters. The van der Waals surface area contributed by atoms with Crippen LogP contribution in [0.1, 0.15) is 11.3 Å². The first-order chi connectivity index (χ1) is 8.66. The number of nitrogens with zero attached hydrogens (tertiary/aromatic N) is 1. The molecule has 6 heteroatoms. The van der Waals surface area contributed by atoms with E-state index in [2.05, 4.69) is 21.2 Å². The van der Waals surface area contributed by atoms with Gasteiger partial charge in [0.2, 0.25) is 0 Å². The Morgan fingerprint density at radius 2 is 2.17 bits per heavy atom. The highest BCUT2D eigenvalue weighted by molar-refractivity contribution is 9.10. The molecule has 0 aliphatic heterocycles. The van der Waals surface area contributed by atoms with Crippen LogP contribution in [0.25, 0.3) is 0 Å². The molecule has 0 fully saturated rings. The van der Waals surface area contributed by atoms with E-state index in [1.54, 1.807) is 18.4 Å². The highest BCUT2D eigenvalue weighted by atomic mass is 79.9. The first-order valence-electron chi connectivity index (χ1n) is 5.33. The van der Waals surface area contributed by atoms with E-state index in [1.165, 1.54) is 0 Å². The van der Waals surface area contributed by atoms with Crippen molar-refractivity contribution in [2.24, 2.45) is 0 Å². The molecule has 0 bridgehead atoms. The zero-order chi connectivity index (χ0) is 13.0. The predicted molar refractivity (Wildman–Crippen MR) is 70.0 cm³/mol. The molecule has 0 saturated heterocycles. The first-order valence-corrected chi connectivity index (χ1v) is 6.12. The SMILES string of the molecule is O=[N+]([O-])c1cc(CNCc2ccco2)ccc1Br. The summed E-state index contributed by atoms with van der Waals surface area (Å²) in [7, 11) is 0. The van der Waals surface area contributed by atoms with E-state index in [1.807, 2.05) is 18.2 Å². The molecule has 1 heterocycles. The van der Waals surface area contributed by atoms with Gasteiger partial charge in [0.15, 0.2) is 0 Å². The minimum Gasteiger partial charge on any atom is -0.468 e. The standard InChI is InChI=1S/C12H11BrN2O3/c13-11-4-3-9(6-12(11)15(16)17)7-14-8-10-2-1-5-18-10/h1-6,14H,7-8H2. The molecular weight excluding hydrogens is 300 g/mol. The van der Waals surface area contributed by atoms with Gasteiger partial charge in [-0.15, -0.1) is 0 Å². The third kappa shape index (κ3) is 3.18. The topological polar surface area (TPSA) is 68.3 Å². The van der Waals surface area contributed by atoms with Gasteiger partial charge in [-0.2, -0.15) is 0 Å². The number of nitro benzene ring substituents is 1. The molecule has 94 valence electrons. The van der Waals surface area contributed by atoms with Crippen molar-refractivity contribution in [1.82, 2.24) is 5.32 Å². The molecule has 1 aromatic heterocycles. The molecule has 0 saturated carbocycles. The molecule has 2 aromatic rings. The molecule has 0 spiro atoms. The molecule has 1 aromatic carbocycles. The monoisotopic (exact) mass is 310 g/mol. The summed E-state index contributed by atoms with van der Waals surface area (Å²) in [6, 6.07) is 8.77. The maximum atomic E-state index is 10.8. The van der Waals surface area contributed by atoms with Crippen molar-refractivity contribution >= 4 is 21.6 Å². The van der Waals surface area contributed by atoms with Gasteiger partial charge in [-0.05, 0) is 39.7 Å². The van der Waals surface area contributed by atoms with Crippen LogP contribution in [-0.4, -0.2) is 4.92 Å². The molecule has 2 rings (SSSR count). The van der Waals surface area contributed by atoms with Crippen molar-refractivity contribution in [3.05, 3.63) is 62.5 Å². The summed E-state index contributed by atoms with van der Waals surface area (Å²) in [6.45, 7) is 1.14. The Balaban J connectivity index is 1.97. The van der Waals surface area contributed by atoms with Crippen LogP contribution in [0.4, 0.5) is 5.69 Å². The molecular formula is C12H11BrN2O3. The van der Waals surface area contributed by atoms with E-state index < -0.39 is 4.92 Å². The van der Waals surface area contributed by atoms with Gasteiger partial charge in [0, 0.05) is 12.6 Å². The van der Waals surface area contributed by atoms with Crippen LogP contribution in [0, 0.1) is 10.1 Å². The normalized spacial score (nSPS) is 10.5. The lowest BCUT2D eigenvalue weighted by Crippen LogP contribution is -2.12. The average molecular weight is 311 g/mol. The predicted octanol–water partition coefficient (Wildman–Crippen LogP) is 3.24. The van der Waals surface area contributed by atoms with E-state index >= 15 is 0 Å². The van der Waals surface area contributed by atoms with Crippen LogP contribution in [0.2, 0.25) is 0 Å². The summed E-state index contributed by atoms with van der Waals surface area (Å²) in [4.78, 5) is 10.4. The number of halogens is 1. The number of hydrogen-bond acceptors (Lipinski definition) is 4. The smallest absolute Gasteiger partial charge is 0.283 e. The number of nitrogens with one attached hydrogen (secondary N) is 1. The zero-order valence-electron chi connectivity index (χ0n) is 9.43. The van der Waals surface area contributed by atoms with Crippen molar-refractivity contribution in [1.29, 1.82) is 0 Å². The number of rotatable bonds is 5. The number of nitro groups is 1. The maximum absolute atomic E-state index is 10.8. The van der Waals surface area contributed by atoms with E-state index in [4.69, 9.17) is 4.42 Å². The summed E-state index contributed by atoms with van der Waals surface area (Å²) in [5.41, 5.74) is 0.934. The van der Waals surface area contributed by atoms with Crippen LogP contribution in [-0.2, 0) is 13.1 Å². The van der Waals surface area contributed by atoms with Crippen LogP contribution in [0.3, 0.4) is 0 Å². The first kappa shape index (κ1) is 12.8. The Kier molecular flexibility index (Phi) is 4.11. The van der Waals surface area contributed by atoms with Crippen LogP contribution in [0.15, 0.2) is 45.5 Å². The lowest BCUT2D eigenvalue weighted by molar-refractivity contribution is -0.385. The molecule has 0 atom stereocenters. The number of hydrogen-bond donors (Lipinski definition) is 1. The van der Waals surface area contributed by atoms with Crippen molar-refractivity contribution in [2.75, 3.05) is 0 Å².